The standard InChI is InChI=1S/C25H36N4O2/c1-19(2)10-12-29-24-7-5-4-6-23(24)26-25(29)18-27-13-14-28(21(16-27)11-15-30)17-22-9-8-20(3)31-22/h4-9,19,21,30H,10-18H2,1-3H3. The molecule has 0 amide bonds. The first kappa shape index (κ1) is 22.1. The molecule has 1 aliphatic heterocycles. The second-order valence-electron chi connectivity index (χ2n) is 9.23. The van der Waals surface area contributed by atoms with Gasteiger partial charge in [0.25, 0.3) is 0 Å². The van der Waals surface area contributed by atoms with E-state index >= 15 is 0 Å². The van der Waals surface area contributed by atoms with Crippen LogP contribution >= 0.6 is 0 Å². The Morgan fingerprint density at radius 3 is 2.71 bits per heavy atom. The van der Waals surface area contributed by atoms with Crippen molar-refractivity contribution in [1.29, 1.82) is 0 Å². The van der Waals surface area contributed by atoms with Crippen LogP contribution in [0.25, 0.3) is 11.0 Å². The number of imidazole rings is 1. The lowest BCUT2D eigenvalue weighted by Gasteiger charge is -2.41. The third-order valence-electron chi connectivity index (χ3n) is 6.33. The van der Waals surface area contributed by atoms with Crippen molar-refractivity contribution in [2.24, 2.45) is 5.92 Å². The van der Waals surface area contributed by atoms with E-state index in [0.29, 0.717) is 12.0 Å². The fourth-order valence-electron chi connectivity index (χ4n) is 4.59. The number of piperazine rings is 1. The summed E-state index contributed by atoms with van der Waals surface area (Å²) < 4.78 is 8.21. The van der Waals surface area contributed by atoms with Crippen molar-refractivity contribution in [3.05, 3.63) is 53.7 Å². The fraction of sp³-hybridized carbons (Fsp3) is 0.560. The number of fused-ring (bicyclic) bond motifs is 1. The summed E-state index contributed by atoms with van der Waals surface area (Å²) in [5.74, 6) is 3.77. The monoisotopic (exact) mass is 424 g/mol. The average Bonchev–Trinajstić information content (AvgIpc) is 3.31. The number of rotatable bonds is 9. The lowest BCUT2D eigenvalue weighted by atomic mass is 10.1. The molecular formula is C25H36N4O2. The smallest absolute Gasteiger partial charge is 0.124 e. The highest BCUT2D eigenvalue weighted by Gasteiger charge is 2.28. The predicted molar refractivity (Wildman–Crippen MR) is 124 cm³/mol. The summed E-state index contributed by atoms with van der Waals surface area (Å²) in [5.41, 5.74) is 2.32. The van der Waals surface area contributed by atoms with Crippen LogP contribution in [0.5, 0.6) is 0 Å². The average molecular weight is 425 g/mol. The number of para-hydroxylation sites is 2. The zero-order valence-corrected chi connectivity index (χ0v) is 19.1. The molecule has 2 aromatic heterocycles. The molecule has 3 aromatic rings. The van der Waals surface area contributed by atoms with Gasteiger partial charge in [-0.25, -0.2) is 4.98 Å². The van der Waals surface area contributed by atoms with E-state index in [-0.39, 0.29) is 6.61 Å². The molecular weight excluding hydrogens is 388 g/mol. The van der Waals surface area contributed by atoms with E-state index in [0.717, 1.165) is 75.0 Å². The number of benzene rings is 1. The number of aliphatic hydroxyl groups excluding tert-OH is 1. The van der Waals surface area contributed by atoms with Crippen LogP contribution in [0.1, 0.15) is 44.0 Å². The van der Waals surface area contributed by atoms with Gasteiger partial charge < -0.3 is 14.1 Å². The largest absolute Gasteiger partial charge is 0.465 e. The second kappa shape index (κ2) is 9.98. The molecule has 1 aromatic carbocycles. The first-order valence-electron chi connectivity index (χ1n) is 11.6. The lowest BCUT2D eigenvalue weighted by molar-refractivity contribution is 0.0438. The Morgan fingerprint density at radius 1 is 1.13 bits per heavy atom. The van der Waals surface area contributed by atoms with Gasteiger partial charge in [-0.2, -0.15) is 0 Å². The van der Waals surface area contributed by atoms with Crippen molar-refractivity contribution in [3.63, 3.8) is 0 Å². The summed E-state index contributed by atoms with van der Waals surface area (Å²) in [6.07, 6.45) is 1.93. The van der Waals surface area contributed by atoms with E-state index in [9.17, 15) is 5.11 Å². The molecule has 1 atom stereocenters. The van der Waals surface area contributed by atoms with Gasteiger partial charge in [0.05, 0.1) is 24.1 Å². The van der Waals surface area contributed by atoms with E-state index < -0.39 is 0 Å². The number of nitrogens with zero attached hydrogens (tertiary/aromatic N) is 4. The number of aromatic nitrogens is 2. The van der Waals surface area contributed by atoms with Gasteiger partial charge in [0.2, 0.25) is 0 Å². The molecule has 6 heteroatoms. The second-order valence-corrected chi connectivity index (χ2v) is 9.23. The van der Waals surface area contributed by atoms with Crippen molar-refractivity contribution < 1.29 is 9.52 Å². The van der Waals surface area contributed by atoms with Crippen LogP contribution < -0.4 is 0 Å². The van der Waals surface area contributed by atoms with E-state index in [2.05, 4.69) is 58.5 Å². The van der Waals surface area contributed by atoms with Crippen LogP contribution in [0, 0.1) is 12.8 Å². The molecule has 1 saturated heterocycles. The van der Waals surface area contributed by atoms with Gasteiger partial charge >= 0.3 is 0 Å². The molecule has 0 aliphatic carbocycles. The molecule has 0 bridgehead atoms. The maximum atomic E-state index is 9.66. The Labute approximate surface area is 185 Å². The van der Waals surface area contributed by atoms with Crippen molar-refractivity contribution in [2.45, 2.75) is 59.3 Å². The normalized spacial score (nSPS) is 18.4. The van der Waals surface area contributed by atoms with Crippen molar-refractivity contribution in [2.75, 3.05) is 26.2 Å². The highest BCUT2D eigenvalue weighted by Crippen LogP contribution is 2.22. The maximum absolute atomic E-state index is 9.66. The Morgan fingerprint density at radius 2 is 1.97 bits per heavy atom. The van der Waals surface area contributed by atoms with Crippen molar-refractivity contribution >= 4 is 11.0 Å². The van der Waals surface area contributed by atoms with Crippen LogP contribution in [0.3, 0.4) is 0 Å². The summed E-state index contributed by atoms with van der Waals surface area (Å²) >= 11 is 0. The molecule has 1 unspecified atom stereocenters. The molecule has 1 fully saturated rings. The lowest BCUT2D eigenvalue weighted by Crippen LogP contribution is -2.52. The molecule has 4 rings (SSSR count). The van der Waals surface area contributed by atoms with Crippen molar-refractivity contribution in [3.8, 4) is 0 Å². The SMILES string of the molecule is Cc1ccc(CN2CCN(Cc3nc4ccccc4n3CCC(C)C)CC2CCO)o1. The molecule has 168 valence electrons. The highest BCUT2D eigenvalue weighted by atomic mass is 16.3. The van der Waals surface area contributed by atoms with Crippen LogP contribution in [0.4, 0.5) is 0 Å². The zero-order valence-electron chi connectivity index (χ0n) is 19.1. The summed E-state index contributed by atoms with van der Waals surface area (Å²) in [6.45, 7) is 12.3. The Kier molecular flexibility index (Phi) is 7.10. The van der Waals surface area contributed by atoms with Gasteiger partial charge in [-0.3, -0.25) is 9.80 Å². The van der Waals surface area contributed by atoms with Crippen LogP contribution in [-0.2, 0) is 19.6 Å². The number of furan rings is 1. The molecule has 31 heavy (non-hydrogen) atoms. The molecule has 0 radical (unpaired) electrons. The van der Waals surface area contributed by atoms with Gasteiger partial charge in [-0.05, 0) is 49.9 Å². The van der Waals surface area contributed by atoms with E-state index in [1.165, 1.54) is 5.52 Å². The molecule has 3 heterocycles. The Hall–Kier alpha value is -2.15. The van der Waals surface area contributed by atoms with Gasteiger partial charge in [0, 0.05) is 38.8 Å². The summed E-state index contributed by atoms with van der Waals surface area (Å²) in [4.78, 5) is 9.94. The maximum Gasteiger partial charge on any atom is 0.124 e. The summed E-state index contributed by atoms with van der Waals surface area (Å²) in [6, 6.07) is 12.9. The Bertz CT molecular complexity index is 977. The predicted octanol–water partition coefficient (Wildman–Crippen LogP) is 4.05. The van der Waals surface area contributed by atoms with Crippen LogP contribution in [-0.4, -0.2) is 56.7 Å². The van der Waals surface area contributed by atoms with Gasteiger partial charge in [0.1, 0.15) is 17.3 Å². The third kappa shape index (κ3) is 5.37. The van der Waals surface area contributed by atoms with Gasteiger partial charge in [0.15, 0.2) is 0 Å². The quantitative estimate of drug-likeness (QED) is 0.562. The van der Waals surface area contributed by atoms with Crippen molar-refractivity contribution in [1.82, 2.24) is 19.4 Å². The number of hydrogen-bond acceptors (Lipinski definition) is 5. The minimum atomic E-state index is 0.207. The molecule has 0 saturated carbocycles. The topological polar surface area (TPSA) is 57.7 Å². The minimum Gasteiger partial charge on any atom is -0.465 e. The number of aliphatic hydroxyl groups is 1. The third-order valence-corrected chi connectivity index (χ3v) is 6.33. The van der Waals surface area contributed by atoms with Gasteiger partial charge in [-0.15, -0.1) is 0 Å². The highest BCUT2D eigenvalue weighted by molar-refractivity contribution is 5.75. The first-order chi connectivity index (χ1) is 15.0. The minimum absolute atomic E-state index is 0.207. The number of aryl methyl sites for hydroxylation is 2. The molecule has 6 nitrogen and oxygen atoms in total. The van der Waals surface area contributed by atoms with Gasteiger partial charge in [-0.1, -0.05) is 26.0 Å². The fourth-order valence-corrected chi connectivity index (χ4v) is 4.59. The first-order valence-corrected chi connectivity index (χ1v) is 11.6. The molecule has 1 aliphatic rings. The van der Waals surface area contributed by atoms with Crippen LogP contribution in [0.15, 0.2) is 40.8 Å². The van der Waals surface area contributed by atoms with E-state index in [4.69, 9.17) is 9.40 Å². The number of hydrogen-bond donors (Lipinski definition) is 1. The molecule has 1 N–H and O–H groups in total. The zero-order chi connectivity index (χ0) is 21.8. The molecule has 0 spiro atoms. The Balaban J connectivity index is 1.48. The van der Waals surface area contributed by atoms with E-state index in [1.807, 2.05) is 13.0 Å². The summed E-state index contributed by atoms with van der Waals surface area (Å²) in [5, 5.41) is 9.66. The van der Waals surface area contributed by atoms with Crippen LogP contribution in [0.2, 0.25) is 0 Å². The summed E-state index contributed by atoms with van der Waals surface area (Å²) in [7, 11) is 0. The van der Waals surface area contributed by atoms with E-state index in [1.54, 1.807) is 0 Å².